The number of benzene rings is 2. The maximum absolute atomic E-state index is 14.1. The molecule has 1 amide bonds. The van der Waals surface area contributed by atoms with Crippen LogP contribution in [0.2, 0.25) is 0 Å². The van der Waals surface area contributed by atoms with Crippen molar-refractivity contribution in [1.29, 1.82) is 0 Å². The number of hydrogen-bond donors (Lipinski definition) is 0. The molecule has 2 aromatic carbocycles. The third-order valence-electron chi connectivity index (χ3n) is 6.19. The van der Waals surface area contributed by atoms with Crippen LogP contribution in [0.4, 0.5) is 8.78 Å². The van der Waals surface area contributed by atoms with E-state index in [0.717, 1.165) is 44.1 Å². The van der Waals surface area contributed by atoms with Gasteiger partial charge >= 0.3 is 0 Å². The minimum absolute atomic E-state index is 0.00524. The van der Waals surface area contributed by atoms with E-state index < -0.39 is 32.1 Å². The van der Waals surface area contributed by atoms with Gasteiger partial charge in [-0.1, -0.05) is 6.07 Å². The second kappa shape index (κ2) is 8.66. The SMILES string of the molecule is CC1c2cc(-c3ccc(-c4cncc(CS(=O)(=O)c5ccc(F)cc5F)c4)s3)ccc2C(=O)N1C. The van der Waals surface area contributed by atoms with Gasteiger partial charge in [-0.2, -0.15) is 0 Å². The fourth-order valence-corrected chi connectivity index (χ4v) is 6.57. The van der Waals surface area contributed by atoms with Crippen LogP contribution in [0.15, 0.2) is 71.9 Å². The molecule has 0 saturated heterocycles. The lowest BCUT2D eigenvalue weighted by atomic mass is 10.0. The Morgan fingerprint density at radius 3 is 2.46 bits per heavy atom. The molecule has 0 aliphatic carbocycles. The topological polar surface area (TPSA) is 67.3 Å². The van der Waals surface area contributed by atoms with Crippen molar-refractivity contribution in [3.05, 3.63) is 95.3 Å². The van der Waals surface area contributed by atoms with Gasteiger partial charge in [-0.15, -0.1) is 11.3 Å². The molecule has 9 heteroatoms. The average Bonchev–Trinajstić information content (AvgIpc) is 3.39. The first kappa shape index (κ1) is 23.3. The molecule has 0 bridgehead atoms. The number of amides is 1. The van der Waals surface area contributed by atoms with Crippen LogP contribution >= 0.6 is 11.3 Å². The summed E-state index contributed by atoms with van der Waals surface area (Å²) in [7, 11) is -2.24. The summed E-state index contributed by atoms with van der Waals surface area (Å²) in [6.07, 6.45) is 3.06. The van der Waals surface area contributed by atoms with Crippen molar-refractivity contribution in [2.45, 2.75) is 23.6 Å². The molecular weight excluding hydrogens is 490 g/mol. The van der Waals surface area contributed by atoms with Gasteiger partial charge < -0.3 is 4.90 Å². The number of fused-ring (bicyclic) bond motifs is 1. The Bertz CT molecular complexity index is 1580. The minimum Gasteiger partial charge on any atom is -0.335 e. The summed E-state index contributed by atoms with van der Waals surface area (Å²) in [5, 5.41) is 0. The van der Waals surface area contributed by atoms with Gasteiger partial charge in [0.05, 0.1) is 11.8 Å². The van der Waals surface area contributed by atoms with Crippen LogP contribution in [-0.2, 0) is 15.6 Å². The number of halogens is 2. The number of carbonyl (C=O) groups is 1. The lowest BCUT2D eigenvalue weighted by Gasteiger charge is -2.15. The minimum atomic E-state index is -4.03. The molecule has 1 aliphatic rings. The third kappa shape index (κ3) is 4.26. The molecule has 2 aromatic heterocycles. The lowest BCUT2D eigenvalue weighted by Crippen LogP contribution is -2.20. The van der Waals surface area contributed by atoms with Crippen molar-refractivity contribution in [2.75, 3.05) is 7.05 Å². The molecule has 0 radical (unpaired) electrons. The quantitative estimate of drug-likeness (QED) is 0.315. The van der Waals surface area contributed by atoms with Gasteiger partial charge in [-0.3, -0.25) is 9.78 Å². The van der Waals surface area contributed by atoms with Crippen LogP contribution in [0.1, 0.15) is 34.5 Å². The van der Waals surface area contributed by atoms with Crippen LogP contribution in [0.25, 0.3) is 20.9 Å². The molecule has 1 aliphatic heterocycles. The molecule has 0 saturated carbocycles. The Labute approximate surface area is 205 Å². The predicted octanol–water partition coefficient (Wildman–Crippen LogP) is 5.88. The fourth-order valence-electron chi connectivity index (χ4n) is 4.20. The summed E-state index contributed by atoms with van der Waals surface area (Å²) in [6, 6.07) is 13.9. The zero-order valence-corrected chi connectivity index (χ0v) is 20.5. The van der Waals surface area contributed by atoms with Crippen molar-refractivity contribution >= 4 is 27.1 Å². The number of pyridine rings is 1. The van der Waals surface area contributed by atoms with Gasteiger partial charge in [0.2, 0.25) is 0 Å². The van der Waals surface area contributed by atoms with Crippen LogP contribution in [0.3, 0.4) is 0 Å². The number of sulfone groups is 1. The van der Waals surface area contributed by atoms with Crippen LogP contribution in [0, 0.1) is 11.6 Å². The first-order chi connectivity index (χ1) is 16.6. The van der Waals surface area contributed by atoms with E-state index in [1.54, 1.807) is 24.2 Å². The van der Waals surface area contributed by atoms with Crippen molar-refractivity contribution < 1.29 is 22.0 Å². The summed E-state index contributed by atoms with van der Waals surface area (Å²) in [4.78, 5) is 19.6. The van der Waals surface area contributed by atoms with Crippen molar-refractivity contribution in [3.63, 3.8) is 0 Å². The van der Waals surface area contributed by atoms with Gasteiger partial charge in [0.25, 0.3) is 5.91 Å². The largest absolute Gasteiger partial charge is 0.335 e. The zero-order chi connectivity index (χ0) is 24.9. The third-order valence-corrected chi connectivity index (χ3v) is 9.09. The summed E-state index contributed by atoms with van der Waals surface area (Å²) in [5.41, 5.74) is 3.84. The molecule has 1 unspecified atom stereocenters. The number of nitrogens with zero attached hydrogens (tertiary/aromatic N) is 2. The monoisotopic (exact) mass is 510 g/mol. The molecule has 1 atom stereocenters. The molecule has 4 aromatic rings. The van der Waals surface area contributed by atoms with Gasteiger partial charge in [0.1, 0.15) is 16.5 Å². The van der Waals surface area contributed by atoms with Crippen LogP contribution < -0.4 is 0 Å². The Morgan fingerprint density at radius 2 is 1.71 bits per heavy atom. The number of carbonyl (C=O) groups excluding carboxylic acids is 1. The highest BCUT2D eigenvalue weighted by molar-refractivity contribution is 7.90. The maximum Gasteiger partial charge on any atom is 0.254 e. The van der Waals surface area contributed by atoms with Gasteiger partial charge in [0.15, 0.2) is 9.84 Å². The van der Waals surface area contributed by atoms with E-state index in [0.29, 0.717) is 11.6 Å². The average molecular weight is 511 g/mol. The smallest absolute Gasteiger partial charge is 0.254 e. The number of aromatic nitrogens is 1. The molecule has 35 heavy (non-hydrogen) atoms. The van der Waals surface area contributed by atoms with Crippen molar-refractivity contribution in [3.8, 4) is 20.9 Å². The molecule has 178 valence electrons. The Balaban J connectivity index is 1.42. The Hall–Kier alpha value is -3.43. The molecule has 0 fully saturated rings. The van der Waals surface area contributed by atoms with E-state index in [1.165, 1.54) is 17.5 Å². The zero-order valence-electron chi connectivity index (χ0n) is 18.8. The van der Waals surface area contributed by atoms with E-state index in [2.05, 4.69) is 4.98 Å². The Morgan fingerprint density at radius 1 is 0.971 bits per heavy atom. The predicted molar refractivity (Wildman–Crippen MR) is 131 cm³/mol. The summed E-state index contributed by atoms with van der Waals surface area (Å²) in [5.74, 6) is -2.40. The standard InChI is InChI=1S/C26H20F2N2O3S2/c1-15-21-10-17(3-5-20(21)26(31)30(15)2)23-6-7-24(34-23)18-9-16(12-29-13-18)14-35(32,33)25-8-4-19(27)11-22(25)28/h3-13,15H,14H2,1-2H3. The highest BCUT2D eigenvalue weighted by Crippen LogP contribution is 2.39. The van der Waals surface area contributed by atoms with Crippen molar-refractivity contribution in [2.24, 2.45) is 0 Å². The van der Waals surface area contributed by atoms with E-state index in [-0.39, 0.29) is 11.9 Å². The van der Waals surface area contributed by atoms with E-state index >= 15 is 0 Å². The summed E-state index contributed by atoms with van der Waals surface area (Å²) in [6.45, 7) is 2.00. The fraction of sp³-hybridized carbons (Fsp3) is 0.154. The molecule has 3 heterocycles. The first-order valence-corrected chi connectivity index (χ1v) is 13.2. The number of thiophene rings is 1. The van der Waals surface area contributed by atoms with E-state index in [1.807, 2.05) is 37.3 Å². The van der Waals surface area contributed by atoms with Crippen molar-refractivity contribution in [1.82, 2.24) is 9.88 Å². The van der Waals surface area contributed by atoms with Crippen LogP contribution in [0.5, 0.6) is 0 Å². The van der Waals surface area contributed by atoms with Gasteiger partial charge in [0, 0.05) is 46.4 Å². The van der Waals surface area contributed by atoms with E-state index in [4.69, 9.17) is 0 Å². The van der Waals surface area contributed by atoms with Gasteiger partial charge in [-0.05, 0) is 66.1 Å². The number of hydrogen-bond acceptors (Lipinski definition) is 5. The molecular formula is C26H20F2N2O3S2. The maximum atomic E-state index is 14.1. The van der Waals surface area contributed by atoms with Crippen LogP contribution in [-0.4, -0.2) is 31.3 Å². The second-order valence-electron chi connectivity index (χ2n) is 8.47. The summed E-state index contributed by atoms with van der Waals surface area (Å²) >= 11 is 1.52. The molecule has 0 spiro atoms. The highest BCUT2D eigenvalue weighted by atomic mass is 32.2. The second-order valence-corrected chi connectivity index (χ2v) is 11.5. The molecule has 0 N–H and O–H groups in total. The summed E-state index contributed by atoms with van der Waals surface area (Å²) < 4.78 is 52.7. The van der Waals surface area contributed by atoms with Gasteiger partial charge in [-0.25, -0.2) is 17.2 Å². The Kier molecular flexibility index (Phi) is 5.77. The van der Waals surface area contributed by atoms with E-state index in [9.17, 15) is 22.0 Å². The first-order valence-electron chi connectivity index (χ1n) is 10.8. The number of rotatable bonds is 5. The highest BCUT2D eigenvalue weighted by Gasteiger charge is 2.31. The lowest BCUT2D eigenvalue weighted by molar-refractivity contribution is 0.0784. The molecule has 5 nitrogen and oxygen atoms in total. The molecule has 5 rings (SSSR count). The normalized spacial score (nSPS) is 15.5.